The second-order valence-corrected chi connectivity index (χ2v) is 10.4. The van der Waals surface area contributed by atoms with Crippen molar-refractivity contribution in [2.75, 3.05) is 32.7 Å². The molecule has 2 saturated heterocycles. The lowest BCUT2D eigenvalue weighted by Gasteiger charge is -2.39. The zero-order valence-corrected chi connectivity index (χ0v) is 19.5. The lowest BCUT2D eigenvalue weighted by Crippen LogP contribution is -2.51. The number of carbonyl (C=O) groups is 2. The van der Waals surface area contributed by atoms with Crippen molar-refractivity contribution in [1.82, 2.24) is 14.5 Å². The highest BCUT2D eigenvalue weighted by Gasteiger charge is 2.33. The second-order valence-electron chi connectivity index (χ2n) is 8.23. The molecular formula is C21H30ClN3O5S. The number of amides is 2. The van der Waals surface area contributed by atoms with Crippen LogP contribution in [0.3, 0.4) is 0 Å². The van der Waals surface area contributed by atoms with E-state index in [1.54, 1.807) is 17.0 Å². The predicted molar refractivity (Wildman–Crippen MR) is 117 cm³/mol. The minimum atomic E-state index is -3.77. The highest BCUT2D eigenvalue weighted by atomic mass is 35.5. The van der Waals surface area contributed by atoms with Gasteiger partial charge in [-0.25, -0.2) is 13.1 Å². The molecule has 0 aliphatic carbocycles. The van der Waals surface area contributed by atoms with E-state index in [1.807, 2.05) is 18.7 Å². The molecule has 0 saturated carbocycles. The molecule has 1 N–H and O–H groups in total. The second kappa shape index (κ2) is 10.3. The summed E-state index contributed by atoms with van der Waals surface area (Å²) < 4.78 is 32.8. The number of hydrogen-bond donors (Lipinski definition) is 1. The maximum absolute atomic E-state index is 12.8. The van der Waals surface area contributed by atoms with Gasteiger partial charge in [0.15, 0.2) is 0 Å². The van der Waals surface area contributed by atoms with Crippen molar-refractivity contribution in [3.05, 3.63) is 29.3 Å². The molecule has 1 aromatic carbocycles. The number of hydrogen-bond acceptors (Lipinski definition) is 5. The quantitative estimate of drug-likeness (QED) is 0.683. The Bertz CT molecular complexity index is 892. The number of rotatable bonds is 6. The van der Waals surface area contributed by atoms with Gasteiger partial charge in [-0.1, -0.05) is 23.7 Å². The van der Waals surface area contributed by atoms with Crippen molar-refractivity contribution in [3.8, 4) is 0 Å². The highest BCUT2D eigenvalue weighted by Crippen LogP contribution is 2.23. The van der Waals surface area contributed by atoms with E-state index in [9.17, 15) is 18.0 Å². The van der Waals surface area contributed by atoms with Crippen LogP contribution in [0.25, 0.3) is 0 Å². The smallest absolute Gasteiger partial charge is 0.242 e. The normalized spacial score (nSPS) is 23.1. The van der Waals surface area contributed by atoms with E-state index in [4.69, 9.17) is 16.3 Å². The number of halogens is 1. The van der Waals surface area contributed by atoms with Crippen molar-refractivity contribution in [1.29, 1.82) is 0 Å². The van der Waals surface area contributed by atoms with Gasteiger partial charge in [-0.15, -0.1) is 0 Å². The van der Waals surface area contributed by atoms with Gasteiger partial charge in [-0.05, 0) is 38.8 Å². The maximum Gasteiger partial charge on any atom is 0.242 e. The molecule has 2 unspecified atom stereocenters. The first-order valence-corrected chi connectivity index (χ1v) is 12.5. The first kappa shape index (κ1) is 24.0. The van der Waals surface area contributed by atoms with Crippen molar-refractivity contribution in [2.45, 2.75) is 50.2 Å². The van der Waals surface area contributed by atoms with Crippen molar-refractivity contribution >= 4 is 33.4 Å². The van der Waals surface area contributed by atoms with Crippen LogP contribution in [0.5, 0.6) is 0 Å². The zero-order valence-electron chi connectivity index (χ0n) is 17.9. The Balaban J connectivity index is 1.44. The molecule has 3 rings (SSSR count). The molecule has 0 aromatic heterocycles. The summed E-state index contributed by atoms with van der Waals surface area (Å²) in [6.45, 7) is 6.15. The van der Waals surface area contributed by atoms with Crippen molar-refractivity contribution < 1.29 is 22.7 Å². The van der Waals surface area contributed by atoms with Gasteiger partial charge in [-0.2, -0.15) is 0 Å². The summed E-state index contributed by atoms with van der Waals surface area (Å²) in [5.74, 6) is -0.0664. The molecule has 0 spiro atoms. The third kappa shape index (κ3) is 6.19. The molecule has 2 heterocycles. The van der Waals surface area contributed by atoms with Gasteiger partial charge >= 0.3 is 0 Å². The number of morpholine rings is 1. The van der Waals surface area contributed by atoms with Crippen LogP contribution in [-0.4, -0.2) is 75.0 Å². The Morgan fingerprint density at radius 1 is 1.10 bits per heavy atom. The third-order valence-electron chi connectivity index (χ3n) is 5.69. The van der Waals surface area contributed by atoms with Crippen LogP contribution in [0.2, 0.25) is 5.02 Å². The monoisotopic (exact) mass is 471 g/mol. The van der Waals surface area contributed by atoms with Crippen LogP contribution >= 0.6 is 11.6 Å². The average molecular weight is 472 g/mol. The number of piperidine rings is 1. The van der Waals surface area contributed by atoms with Gasteiger partial charge < -0.3 is 14.5 Å². The maximum atomic E-state index is 12.8. The predicted octanol–water partition coefficient (Wildman–Crippen LogP) is 1.88. The molecule has 1 aromatic rings. The Morgan fingerprint density at radius 3 is 2.32 bits per heavy atom. The average Bonchev–Trinajstić information content (AvgIpc) is 2.72. The molecule has 8 nitrogen and oxygen atoms in total. The van der Waals surface area contributed by atoms with Crippen molar-refractivity contribution in [2.24, 2.45) is 5.92 Å². The minimum absolute atomic E-state index is 0.00445. The zero-order chi connectivity index (χ0) is 22.6. The van der Waals surface area contributed by atoms with E-state index in [0.29, 0.717) is 39.0 Å². The molecule has 2 fully saturated rings. The summed E-state index contributed by atoms with van der Waals surface area (Å²) in [4.78, 5) is 28.9. The van der Waals surface area contributed by atoms with Crippen LogP contribution in [0, 0.1) is 5.92 Å². The Morgan fingerprint density at radius 2 is 1.71 bits per heavy atom. The summed E-state index contributed by atoms with van der Waals surface area (Å²) >= 11 is 5.95. The van der Waals surface area contributed by atoms with E-state index in [0.717, 1.165) is 0 Å². The first-order chi connectivity index (χ1) is 14.7. The summed E-state index contributed by atoms with van der Waals surface area (Å²) in [6, 6.07) is 6.17. The van der Waals surface area contributed by atoms with Crippen LogP contribution in [0.15, 0.2) is 29.2 Å². The summed E-state index contributed by atoms with van der Waals surface area (Å²) in [7, 11) is -3.77. The van der Waals surface area contributed by atoms with Crippen LogP contribution in [-0.2, 0) is 24.3 Å². The first-order valence-electron chi connectivity index (χ1n) is 10.6. The third-order valence-corrected chi connectivity index (χ3v) is 7.65. The molecule has 2 amide bonds. The molecule has 0 bridgehead atoms. The summed E-state index contributed by atoms with van der Waals surface area (Å²) in [5, 5.41) is 0.136. The Kier molecular flexibility index (Phi) is 7.96. The fraction of sp³-hybridized carbons (Fsp3) is 0.619. The number of carbonyl (C=O) groups excluding carboxylic acids is 2. The van der Waals surface area contributed by atoms with Gasteiger partial charge in [0, 0.05) is 45.1 Å². The van der Waals surface area contributed by atoms with E-state index >= 15 is 0 Å². The van der Waals surface area contributed by atoms with Gasteiger partial charge in [0.2, 0.25) is 21.8 Å². The van der Waals surface area contributed by atoms with Gasteiger partial charge in [0.1, 0.15) is 4.90 Å². The van der Waals surface area contributed by atoms with Gasteiger partial charge in [0.05, 0.1) is 17.2 Å². The summed E-state index contributed by atoms with van der Waals surface area (Å²) in [6.07, 6.45) is 1.36. The number of nitrogens with zero attached hydrogens (tertiary/aromatic N) is 2. The van der Waals surface area contributed by atoms with E-state index in [-0.39, 0.29) is 52.8 Å². The lowest BCUT2D eigenvalue weighted by atomic mass is 9.94. The molecular weight excluding hydrogens is 442 g/mol. The number of ether oxygens (including phenoxy) is 1. The molecule has 2 aliphatic rings. The summed E-state index contributed by atoms with van der Waals surface area (Å²) in [5.41, 5.74) is 0. The Labute approximate surface area is 188 Å². The van der Waals surface area contributed by atoms with Gasteiger partial charge in [-0.3, -0.25) is 9.59 Å². The van der Waals surface area contributed by atoms with Crippen molar-refractivity contribution in [3.63, 3.8) is 0 Å². The molecule has 2 aliphatic heterocycles. The molecule has 10 heteroatoms. The van der Waals surface area contributed by atoms with E-state index < -0.39 is 10.0 Å². The lowest BCUT2D eigenvalue weighted by molar-refractivity contribution is -0.150. The van der Waals surface area contributed by atoms with Crippen LogP contribution in [0.4, 0.5) is 0 Å². The fourth-order valence-corrected chi connectivity index (χ4v) is 5.73. The largest absolute Gasteiger partial charge is 0.372 e. The molecule has 172 valence electrons. The molecule has 0 radical (unpaired) electrons. The van der Waals surface area contributed by atoms with Crippen LogP contribution in [0.1, 0.15) is 33.1 Å². The fourth-order valence-electron chi connectivity index (χ4n) is 4.18. The standard InChI is InChI=1S/C21H30ClN3O5S/c1-15-13-25(14-16(2)30-15)21(27)17-8-11-24(12-9-17)20(26)7-10-23-31(28,29)19-6-4-3-5-18(19)22/h3-6,15-17,23H,7-14H2,1-2H3. The van der Waals surface area contributed by atoms with Crippen LogP contribution < -0.4 is 4.72 Å². The number of nitrogens with one attached hydrogen (secondary N) is 1. The van der Waals surface area contributed by atoms with E-state index in [1.165, 1.54) is 12.1 Å². The topological polar surface area (TPSA) is 96.0 Å². The van der Waals surface area contributed by atoms with Gasteiger partial charge in [0.25, 0.3) is 0 Å². The number of benzene rings is 1. The highest BCUT2D eigenvalue weighted by molar-refractivity contribution is 7.89. The molecule has 2 atom stereocenters. The minimum Gasteiger partial charge on any atom is -0.372 e. The molecule has 31 heavy (non-hydrogen) atoms. The number of likely N-dealkylation sites (tertiary alicyclic amines) is 1. The Hall–Kier alpha value is -1.68. The number of sulfonamides is 1. The SMILES string of the molecule is CC1CN(C(=O)C2CCN(C(=O)CCNS(=O)(=O)c3ccccc3Cl)CC2)CC(C)O1. The van der Waals surface area contributed by atoms with E-state index in [2.05, 4.69) is 4.72 Å².